The average molecular weight is 189 g/mol. The minimum Gasteiger partial charge on any atom is -0.385 e. The summed E-state index contributed by atoms with van der Waals surface area (Å²) in [6.07, 6.45) is 3.14. The molecule has 0 bridgehead atoms. The molecule has 0 spiro atoms. The van der Waals surface area contributed by atoms with Gasteiger partial charge in [0, 0.05) is 33.5 Å². The summed E-state index contributed by atoms with van der Waals surface area (Å²) in [5, 5.41) is 0. The van der Waals surface area contributed by atoms with Gasteiger partial charge >= 0.3 is 0 Å². The topological polar surface area (TPSA) is 44.5 Å². The highest BCUT2D eigenvalue weighted by Crippen LogP contribution is 2.08. The fourth-order valence-corrected chi connectivity index (χ4v) is 1.48. The Kier molecular flexibility index (Phi) is 8.40. The minimum atomic E-state index is 0.292. The first-order valence-electron chi connectivity index (χ1n) is 4.94. The molecule has 2 unspecified atom stereocenters. The van der Waals surface area contributed by atoms with Gasteiger partial charge in [-0.2, -0.15) is 0 Å². The van der Waals surface area contributed by atoms with Crippen LogP contribution in [0.15, 0.2) is 0 Å². The van der Waals surface area contributed by atoms with Crippen molar-refractivity contribution in [1.29, 1.82) is 0 Å². The Bertz CT molecular complexity index is 109. The summed E-state index contributed by atoms with van der Waals surface area (Å²) in [5.41, 5.74) is 5.93. The Labute approximate surface area is 81.6 Å². The maximum Gasteiger partial charge on any atom is 0.0488 e. The summed E-state index contributed by atoms with van der Waals surface area (Å²) < 4.78 is 10.0. The van der Waals surface area contributed by atoms with Gasteiger partial charge in [0.1, 0.15) is 0 Å². The first-order chi connectivity index (χ1) is 6.20. The van der Waals surface area contributed by atoms with E-state index in [4.69, 9.17) is 15.2 Å². The molecule has 0 amide bonds. The number of hydrogen-bond donors (Lipinski definition) is 1. The largest absolute Gasteiger partial charge is 0.385 e. The van der Waals surface area contributed by atoms with Crippen molar-refractivity contribution in [2.24, 2.45) is 11.7 Å². The summed E-state index contributed by atoms with van der Waals surface area (Å²) in [4.78, 5) is 0. The number of hydrogen-bond acceptors (Lipinski definition) is 3. The smallest absolute Gasteiger partial charge is 0.0488 e. The van der Waals surface area contributed by atoms with E-state index in [-0.39, 0.29) is 0 Å². The number of nitrogens with two attached hydrogens (primary N) is 1. The molecular weight excluding hydrogens is 166 g/mol. The van der Waals surface area contributed by atoms with Crippen molar-refractivity contribution >= 4 is 0 Å². The molecule has 0 aliphatic heterocycles. The third-order valence-corrected chi connectivity index (χ3v) is 2.08. The van der Waals surface area contributed by atoms with Crippen molar-refractivity contribution in [3.8, 4) is 0 Å². The molecule has 2 N–H and O–H groups in total. The third-order valence-electron chi connectivity index (χ3n) is 2.08. The Morgan fingerprint density at radius 1 is 1.23 bits per heavy atom. The van der Waals surface area contributed by atoms with Crippen LogP contribution in [-0.4, -0.2) is 33.5 Å². The van der Waals surface area contributed by atoms with Crippen molar-refractivity contribution < 1.29 is 9.47 Å². The maximum atomic E-state index is 5.93. The first-order valence-corrected chi connectivity index (χ1v) is 4.94. The van der Waals surface area contributed by atoms with Crippen LogP contribution in [0.3, 0.4) is 0 Å². The zero-order valence-corrected chi connectivity index (χ0v) is 9.08. The summed E-state index contributed by atoms with van der Waals surface area (Å²) in [7, 11) is 3.45. The van der Waals surface area contributed by atoms with Crippen molar-refractivity contribution in [3.05, 3.63) is 0 Å². The van der Waals surface area contributed by atoms with E-state index in [1.165, 1.54) is 0 Å². The van der Waals surface area contributed by atoms with E-state index in [0.29, 0.717) is 12.0 Å². The molecule has 3 heteroatoms. The van der Waals surface area contributed by atoms with Crippen molar-refractivity contribution in [1.82, 2.24) is 0 Å². The van der Waals surface area contributed by atoms with Crippen molar-refractivity contribution in [2.45, 2.75) is 32.2 Å². The highest BCUT2D eigenvalue weighted by atomic mass is 16.5. The molecule has 0 aromatic rings. The maximum absolute atomic E-state index is 5.93. The number of ether oxygens (including phenoxy) is 2. The monoisotopic (exact) mass is 189 g/mol. The normalized spacial score (nSPS) is 15.7. The van der Waals surface area contributed by atoms with Gasteiger partial charge in [0.05, 0.1) is 0 Å². The zero-order chi connectivity index (χ0) is 10.1. The molecule has 0 aromatic carbocycles. The van der Waals surface area contributed by atoms with Crippen LogP contribution in [-0.2, 0) is 9.47 Å². The highest BCUT2D eigenvalue weighted by molar-refractivity contribution is 4.65. The third kappa shape index (κ3) is 8.22. The molecule has 0 radical (unpaired) electrons. The summed E-state index contributed by atoms with van der Waals surface area (Å²) in [6, 6.07) is 0.292. The fraction of sp³-hybridized carbons (Fsp3) is 1.00. The van der Waals surface area contributed by atoms with E-state index in [2.05, 4.69) is 6.92 Å². The number of methoxy groups -OCH3 is 2. The van der Waals surface area contributed by atoms with Gasteiger partial charge in [0.25, 0.3) is 0 Å². The Morgan fingerprint density at radius 2 is 1.92 bits per heavy atom. The molecule has 3 nitrogen and oxygen atoms in total. The van der Waals surface area contributed by atoms with Crippen molar-refractivity contribution in [2.75, 3.05) is 27.4 Å². The lowest BCUT2D eigenvalue weighted by Gasteiger charge is -2.16. The van der Waals surface area contributed by atoms with E-state index in [0.717, 1.165) is 32.5 Å². The fourth-order valence-electron chi connectivity index (χ4n) is 1.48. The second-order valence-corrected chi connectivity index (χ2v) is 3.69. The highest BCUT2D eigenvalue weighted by Gasteiger charge is 2.08. The summed E-state index contributed by atoms with van der Waals surface area (Å²) >= 11 is 0. The first kappa shape index (κ1) is 12.9. The van der Waals surface area contributed by atoms with Crippen LogP contribution >= 0.6 is 0 Å². The van der Waals surface area contributed by atoms with Crippen LogP contribution in [0.25, 0.3) is 0 Å². The van der Waals surface area contributed by atoms with E-state index in [1.54, 1.807) is 14.2 Å². The van der Waals surface area contributed by atoms with Crippen LogP contribution in [0, 0.1) is 5.92 Å². The molecule has 0 saturated heterocycles. The standard InChI is InChI=1S/C10H23NO2/c1-9(8-13-3)7-10(11)5-4-6-12-2/h9-10H,4-8,11H2,1-3H3. The SMILES string of the molecule is COCCCC(N)CC(C)COC. The molecular formula is C10H23NO2. The molecule has 0 aliphatic rings. The second kappa shape index (κ2) is 8.48. The zero-order valence-electron chi connectivity index (χ0n) is 9.08. The lowest BCUT2D eigenvalue weighted by Crippen LogP contribution is -2.24. The molecule has 0 saturated carbocycles. The van der Waals surface area contributed by atoms with Gasteiger partial charge in [-0.3, -0.25) is 0 Å². The molecule has 0 aliphatic carbocycles. The van der Waals surface area contributed by atoms with E-state index in [9.17, 15) is 0 Å². The molecule has 13 heavy (non-hydrogen) atoms. The molecule has 80 valence electrons. The van der Waals surface area contributed by atoms with Crippen LogP contribution in [0.4, 0.5) is 0 Å². The van der Waals surface area contributed by atoms with Crippen molar-refractivity contribution in [3.63, 3.8) is 0 Å². The summed E-state index contributed by atoms with van der Waals surface area (Å²) in [6.45, 7) is 3.78. The van der Waals surface area contributed by atoms with Gasteiger partial charge in [-0.25, -0.2) is 0 Å². The molecule has 0 rings (SSSR count). The van der Waals surface area contributed by atoms with Gasteiger partial charge in [-0.1, -0.05) is 6.92 Å². The van der Waals surface area contributed by atoms with Crippen LogP contribution < -0.4 is 5.73 Å². The van der Waals surface area contributed by atoms with E-state index < -0.39 is 0 Å². The Morgan fingerprint density at radius 3 is 2.46 bits per heavy atom. The Balaban J connectivity index is 3.32. The van der Waals surface area contributed by atoms with Crippen LogP contribution in [0.5, 0.6) is 0 Å². The number of rotatable bonds is 8. The summed E-state index contributed by atoms with van der Waals surface area (Å²) in [5.74, 6) is 0.558. The minimum absolute atomic E-state index is 0.292. The lowest BCUT2D eigenvalue weighted by atomic mass is 10.00. The van der Waals surface area contributed by atoms with Crippen LogP contribution in [0.2, 0.25) is 0 Å². The predicted molar refractivity (Wildman–Crippen MR) is 54.7 cm³/mol. The second-order valence-electron chi connectivity index (χ2n) is 3.69. The molecule has 0 heterocycles. The van der Waals surface area contributed by atoms with Gasteiger partial charge in [-0.15, -0.1) is 0 Å². The van der Waals surface area contributed by atoms with E-state index in [1.807, 2.05) is 0 Å². The van der Waals surface area contributed by atoms with Gasteiger partial charge < -0.3 is 15.2 Å². The molecule has 0 aromatic heterocycles. The van der Waals surface area contributed by atoms with Crippen LogP contribution in [0.1, 0.15) is 26.2 Å². The van der Waals surface area contributed by atoms with E-state index >= 15 is 0 Å². The predicted octanol–water partition coefficient (Wildman–Crippen LogP) is 1.41. The molecule has 0 fully saturated rings. The van der Waals surface area contributed by atoms with Gasteiger partial charge in [0.2, 0.25) is 0 Å². The Hall–Kier alpha value is -0.120. The van der Waals surface area contributed by atoms with Gasteiger partial charge in [0.15, 0.2) is 0 Å². The molecule has 2 atom stereocenters. The lowest BCUT2D eigenvalue weighted by molar-refractivity contribution is 0.149. The average Bonchev–Trinajstić information content (AvgIpc) is 2.05. The van der Waals surface area contributed by atoms with Gasteiger partial charge in [-0.05, 0) is 25.2 Å². The quantitative estimate of drug-likeness (QED) is 0.587.